The fourth-order valence-corrected chi connectivity index (χ4v) is 4.76. The van der Waals surface area contributed by atoms with Gasteiger partial charge < -0.3 is 9.64 Å². The van der Waals surface area contributed by atoms with Gasteiger partial charge in [0.15, 0.2) is 0 Å². The van der Waals surface area contributed by atoms with Crippen molar-refractivity contribution in [3.8, 4) is 11.4 Å². The van der Waals surface area contributed by atoms with Crippen molar-refractivity contribution in [2.45, 2.75) is 25.9 Å². The molecule has 6 nitrogen and oxygen atoms in total. The molecule has 39 heavy (non-hydrogen) atoms. The molecule has 1 heterocycles. The minimum Gasteiger partial charge on any atom is -0.497 e. The lowest BCUT2D eigenvalue weighted by atomic mass is 10.1. The van der Waals surface area contributed by atoms with Crippen molar-refractivity contribution >= 4 is 16.8 Å². The fraction of sp³-hybridized carbons (Fsp3) is 0.156. The maximum atomic E-state index is 14.1. The van der Waals surface area contributed by atoms with Crippen molar-refractivity contribution in [3.63, 3.8) is 0 Å². The van der Waals surface area contributed by atoms with E-state index in [1.165, 1.54) is 16.7 Å². The van der Waals surface area contributed by atoms with Gasteiger partial charge in [0.2, 0.25) is 0 Å². The van der Waals surface area contributed by atoms with E-state index < -0.39 is 11.9 Å². The van der Waals surface area contributed by atoms with Gasteiger partial charge in [0, 0.05) is 12.1 Å². The van der Waals surface area contributed by atoms with E-state index in [1.807, 2.05) is 43.3 Å². The Balaban J connectivity index is 1.71. The van der Waals surface area contributed by atoms with Crippen LogP contribution < -0.4 is 10.3 Å². The molecule has 1 unspecified atom stereocenters. The molecular formula is C32H28FN3O3. The molecule has 0 radical (unpaired) electrons. The van der Waals surface area contributed by atoms with E-state index in [2.05, 4.69) is 0 Å². The Kier molecular flexibility index (Phi) is 7.50. The second kappa shape index (κ2) is 11.3. The SMILES string of the molecule is CCC(c1nc2ccccc2c(=O)n1-c1ccc(F)cc1)N(Cc1ccccc1)C(=O)c1ccc(OC)cc1. The maximum absolute atomic E-state index is 14.1. The van der Waals surface area contributed by atoms with Crippen molar-refractivity contribution in [1.29, 1.82) is 0 Å². The summed E-state index contributed by atoms with van der Waals surface area (Å²) in [5.74, 6) is 0.441. The van der Waals surface area contributed by atoms with E-state index in [4.69, 9.17) is 9.72 Å². The number of hydrogen-bond donors (Lipinski definition) is 0. The van der Waals surface area contributed by atoms with E-state index in [1.54, 1.807) is 66.6 Å². The second-order valence-electron chi connectivity index (χ2n) is 9.18. The summed E-state index contributed by atoms with van der Waals surface area (Å²) in [6, 6.07) is 28.9. The number of aromatic nitrogens is 2. The molecule has 0 fully saturated rings. The van der Waals surface area contributed by atoms with Gasteiger partial charge in [-0.3, -0.25) is 14.2 Å². The molecule has 5 rings (SSSR count). The molecule has 0 aliphatic carbocycles. The number of nitrogens with zero attached hydrogens (tertiary/aromatic N) is 3. The lowest BCUT2D eigenvalue weighted by molar-refractivity contribution is 0.0640. The van der Waals surface area contributed by atoms with Gasteiger partial charge >= 0.3 is 0 Å². The molecule has 7 heteroatoms. The van der Waals surface area contributed by atoms with Crippen molar-refractivity contribution in [1.82, 2.24) is 14.5 Å². The first-order valence-corrected chi connectivity index (χ1v) is 12.8. The van der Waals surface area contributed by atoms with E-state index in [0.717, 1.165) is 5.56 Å². The lowest BCUT2D eigenvalue weighted by Crippen LogP contribution is -2.38. The standard InChI is InChI=1S/C32H28FN3O3/c1-3-29(35(21-22-9-5-4-6-10-22)31(37)23-13-19-26(39-2)20-14-23)30-34-28-12-8-7-11-27(28)32(38)36(30)25-17-15-24(33)16-18-25/h4-20,29H,3,21H2,1-2H3. The van der Waals surface area contributed by atoms with Crippen LogP contribution >= 0.6 is 0 Å². The molecule has 0 N–H and O–H groups in total. The van der Waals surface area contributed by atoms with Crippen LogP contribution in [0, 0.1) is 5.82 Å². The predicted molar refractivity (Wildman–Crippen MR) is 150 cm³/mol. The van der Waals surface area contributed by atoms with Gasteiger partial charge in [-0.25, -0.2) is 9.37 Å². The highest BCUT2D eigenvalue weighted by Gasteiger charge is 2.30. The summed E-state index contributed by atoms with van der Waals surface area (Å²) in [7, 11) is 1.58. The van der Waals surface area contributed by atoms with E-state index in [9.17, 15) is 14.0 Å². The normalized spacial score (nSPS) is 11.8. The van der Waals surface area contributed by atoms with Gasteiger partial charge in [0.05, 0.1) is 29.7 Å². The molecule has 0 aliphatic heterocycles. The number of benzene rings is 4. The number of fused-ring (bicyclic) bond motifs is 1. The minimum atomic E-state index is -0.567. The van der Waals surface area contributed by atoms with Gasteiger partial charge in [-0.1, -0.05) is 49.4 Å². The molecule has 4 aromatic carbocycles. The Hall–Kier alpha value is -4.78. The maximum Gasteiger partial charge on any atom is 0.266 e. The van der Waals surface area contributed by atoms with Crippen LogP contribution in [0.3, 0.4) is 0 Å². The molecule has 0 spiro atoms. The van der Waals surface area contributed by atoms with Crippen LogP contribution in [0.5, 0.6) is 5.75 Å². The Morgan fingerprint density at radius 2 is 1.59 bits per heavy atom. The van der Waals surface area contributed by atoms with Crippen molar-refractivity contribution in [3.05, 3.63) is 136 Å². The molecule has 1 aromatic heterocycles. The first-order chi connectivity index (χ1) is 19.0. The first kappa shape index (κ1) is 25.9. The van der Waals surface area contributed by atoms with Crippen LogP contribution in [0.4, 0.5) is 4.39 Å². The number of methoxy groups -OCH3 is 1. The number of ether oxygens (including phenoxy) is 1. The monoisotopic (exact) mass is 521 g/mol. The Morgan fingerprint density at radius 3 is 2.26 bits per heavy atom. The molecule has 0 saturated carbocycles. The number of rotatable bonds is 8. The average Bonchev–Trinajstić information content (AvgIpc) is 2.98. The van der Waals surface area contributed by atoms with Crippen LogP contribution in [0.25, 0.3) is 16.6 Å². The molecule has 0 saturated heterocycles. The Morgan fingerprint density at radius 1 is 0.923 bits per heavy atom. The smallest absolute Gasteiger partial charge is 0.266 e. The van der Waals surface area contributed by atoms with Gasteiger partial charge in [-0.15, -0.1) is 0 Å². The third kappa shape index (κ3) is 5.29. The van der Waals surface area contributed by atoms with Crippen LogP contribution in [-0.2, 0) is 6.54 Å². The zero-order valence-electron chi connectivity index (χ0n) is 21.8. The molecule has 1 atom stereocenters. The summed E-state index contributed by atoms with van der Waals surface area (Å²) >= 11 is 0. The average molecular weight is 522 g/mol. The molecule has 1 amide bonds. The summed E-state index contributed by atoms with van der Waals surface area (Å²) in [6.45, 7) is 2.26. The summed E-state index contributed by atoms with van der Waals surface area (Å²) < 4.78 is 20.6. The van der Waals surface area contributed by atoms with Crippen LogP contribution in [-0.4, -0.2) is 27.5 Å². The minimum absolute atomic E-state index is 0.207. The molecule has 5 aromatic rings. The lowest BCUT2D eigenvalue weighted by Gasteiger charge is -2.32. The largest absolute Gasteiger partial charge is 0.497 e. The van der Waals surface area contributed by atoms with Crippen molar-refractivity contribution in [2.24, 2.45) is 0 Å². The predicted octanol–water partition coefficient (Wildman–Crippen LogP) is 6.33. The summed E-state index contributed by atoms with van der Waals surface area (Å²) in [5, 5.41) is 0.441. The van der Waals surface area contributed by atoms with Crippen LogP contribution in [0.2, 0.25) is 0 Å². The fourth-order valence-electron chi connectivity index (χ4n) is 4.76. The Labute approximate surface area is 225 Å². The summed E-state index contributed by atoms with van der Waals surface area (Å²) in [5.41, 5.74) is 2.16. The third-order valence-corrected chi connectivity index (χ3v) is 6.74. The zero-order valence-corrected chi connectivity index (χ0v) is 21.8. The quantitative estimate of drug-likeness (QED) is 0.239. The van der Waals surface area contributed by atoms with Crippen LogP contribution in [0.1, 0.15) is 41.1 Å². The van der Waals surface area contributed by atoms with E-state index >= 15 is 0 Å². The number of halogens is 1. The number of para-hydroxylation sites is 1. The van der Waals surface area contributed by atoms with Crippen molar-refractivity contribution in [2.75, 3.05) is 7.11 Å². The highest BCUT2D eigenvalue weighted by atomic mass is 19.1. The number of hydrogen-bond acceptors (Lipinski definition) is 4. The summed E-state index contributed by atoms with van der Waals surface area (Å²) in [6.07, 6.45) is 0.487. The van der Waals surface area contributed by atoms with E-state index in [-0.39, 0.29) is 11.5 Å². The zero-order chi connectivity index (χ0) is 27.4. The number of amides is 1. The third-order valence-electron chi connectivity index (χ3n) is 6.74. The van der Waals surface area contributed by atoms with Gasteiger partial charge in [0.1, 0.15) is 17.4 Å². The van der Waals surface area contributed by atoms with Gasteiger partial charge in [0.25, 0.3) is 11.5 Å². The molecule has 0 aliphatic rings. The highest BCUT2D eigenvalue weighted by molar-refractivity contribution is 5.94. The van der Waals surface area contributed by atoms with E-state index in [0.29, 0.717) is 46.7 Å². The number of carbonyl (C=O) groups excluding carboxylic acids is 1. The molecule has 0 bridgehead atoms. The molecular weight excluding hydrogens is 493 g/mol. The molecule has 196 valence electrons. The second-order valence-corrected chi connectivity index (χ2v) is 9.18. The summed E-state index contributed by atoms with van der Waals surface area (Å²) in [4.78, 5) is 34.6. The van der Waals surface area contributed by atoms with Crippen LogP contribution in [0.15, 0.2) is 108 Å². The van der Waals surface area contributed by atoms with Gasteiger partial charge in [-0.05, 0) is 72.6 Å². The number of carbonyl (C=O) groups is 1. The highest BCUT2D eigenvalue weighted by Crippen LogP contribution is 2.29. The first-order valence-electron chi connectivity index (χ1n) is 12.8. The Bertz CT molecular complexity index is 1650. The topological polar surface area (TPSA) is 64.4 Å². The van der Waals surface area contributed by atoms with Crippen molar-refractivity contribution < 1.29 is 13.9 Å². The van der Waals surface area contributed by atoms with Gasteiger partial charge in [-0.2, -0.15) is 0 Å².